The number of amides is 4. The van der Waals surface area contributed by atoms with Crippen molar-refractivity contribution < 1.29 is 19.2 Å². The minimum absolute atomic E-state index is 0.107. The lowest BCUT2D eigenvalue weighted by atomic mass is 10.2. The fourth-order valence-electron chi connectivity index (χ4n) is 4.07. The van der Waals surface area contributed by atoms with Gasteiger partial charge in [-0.05, 0) is 37.8 Å². The van der Waals surface area contributed by atoms with E-state index in [0.717, 1.165) is 0 Å². The monoisotopic (exact) mass is 760 g/mol. The zero-order valence-electron chi connectivity index (χ0n) is 27.7. The lowest BCUT2D eigenvalue weighted by Crippen LogP contribution is -2.38. The van der Waals surface area contributed by atoms with Gasteiger partial charge < -0.3 is 45.0 Å². The molecule has 0 unspecified atom stereocenters. The Labute approximate surface area is 306 Å². The minimum Gasteiger partial charge on any atom is -0.382 e. The number of carbonyl (C=O) groups excluding carboxylic acids is 4. The molecule has 0 aromatic carbocycles. The van der Waals surface area contributed by atoms with Crippen LogP contribution in [-0.4, -0.2) is 78.8 Å². The Morgan fingerprint density at radius 1 is 0.577 bits per heavy atom. The van der Waals surface area contributed by atoms with Crippen LogP contribution in [0.5, 0.6) is 0 Å². The summed E-state index contributed by atoms with van der Waals surface area (Å²) in [5, 5.41) is 17.5. The predicted octanol–water partition coefficient (Wildman–Crippen LogP) is 0.179. The molecule has 4 amide bonds. The molecular weight excluding hydrogens is 723 g/mol. The molecule has 0 aliphatic rings. The van der Waals surface area contributed by atoms with Gasteiger partial charge in [-0.3, -0.25) is 39.8 Å². The van der Waals surface area contributed by atoms with Crippen LogP contribution < -0.4 is 55.7 Å². The van der Waals surface area contributed by atoms with Gasteiger partial charge in [0.15, 0.2) is 68.5 Å². The molecule has 0 saturated carbocycles. The number of hydrogen-bond acceptors (Lipinski definition) is 16. The summed E-state index contributed by atoms with van der Waals surface area (Å²) < 4.78 is 0. The van der Waals surface area contributed by atoms with E-state index >= 15 is 0 Å². The zero-order chi connectivity index (χ0) is 38.2. The second-order valence-corrected chi connectivity index (χ2v) is 11.4. The molecule has 0 spiro atoms. The van der Waals surface area contributed by atoms with Crippen molar-refractivity contribution in [2.24, 2.45) is 21.5 Å². The van der Waals surface area contributed by atoms with Gasteiger partial charge >= 0.3 is 0 Å². The summed E-state index contributed by atoms with van der Waals surface area (Å²) in [6.07, 6.45) is 4.10. The summed E-state index contributed by atoms with van der Waals surface area (Å²) in [5.41, 5.74) is 33.3. The van der Waals surface area contributed by atoms with E-state index in [-0.39, 0.29) is 93.2 Å². The normalized spacial score (nSPS) is 11.5. The number of unbranched alkanes of at least 4 members (excludes halogenated alkanes) is 4. The summed E-state index contributed by atoms with van der Waals surface area (Å²) in [7, 11) is 0. The van der Waals surface area contributed by atoms with E-state index in [4.69, 9.17) is 57.6 Å². The Kier molecular flexibility index (Phi) is 15.4. The first-order chi connectivity index (χ1) is 24.7. The molecule has 0 saturated heterocycles. The quantitative estimate of drug-likeness (QED) is 0.0528. The van der Waals surface area contributed by atoms with Crippen molar-refractivity contribution in [1.82, 2.24) is 40.8 Å². The third kappa shape index (κ3) is 13.3. The van der Waals surface area contributed by atoms with E-state index in [0.29, 0.717) is 51.6 Å². The first-order valence-corrected chi connectivity index (χ1v) is 16.3. The Hall–Kier alpha value is -6.16. The molecule has 24 heteroatoms. The molecule has 0 aliphatic heterocycles. The number of nitrogens with two attached hydrogens (primary N) is 6. The summed E-state index contributed by atoms with van der Waals surface area (Å²) >= 11 is 11.6. The molecule has 0 aliphatic carbocycles. The molecule has 16 N–H and O–H groups in total. The van der Waals surface area contributed by atoms with Gasteiger partial charge in [0.25, 0.3) is 11.8 Å². The second-order valence-electron chi connectivity index (χ2n) is 10.7. The molecule has 3 heterocycles. The molecule has 0 atom stereocenters. The second kappa shape index (κ2) is 19.9. The Balaban J connectivity index is 1.25. The highest BCUT2D eigenvalue weighted by Crippen LogP contribution is 2.18. The highest BCUT2D eigenvalue weighted by atomic mass is 35.5. The number of anilines is 6. The maximum absolute atomic E-state index is 12.3. The number of hydrogen-bond donors (Lipinski definition) is 10. The van der Waals surface area contributed by atoms with Gasteiger partial charge in [-0.15, -0.1) is 10.2 Å². The van der Waals surface area contributed by atoms with E-state index in [1.54, 1.807) is 0 Å². The Morgan fingerprint density at radius 3 is 1.33 bits per heavy atom. The molecule has 52 heavy (non-hydrogen) atoms. The van der Waals surface area contributed by atoms with Gasteiger partial charge in [0, 0.05) is 25.9 Å². The van der Waals surface area contributed by atoms with Gasteiger partial charge in [-0.25, -0.2) is 19.9 Å². The molecule has 0 radical (unpaired) electrons. The van der Waals surface area contributed by atoms with E-state index in [2.05, 4.69) is 61.4 Å². The van der Waals surface area contributed by atoms with Crippen LogP contribution in [0, 0.1) is 0 Å². The Bertz CT molecular complexity index is 1690. The topological polar surface area (TPSA) is 375 Å². The van der Waals surface area contributed by atoms with E-state index < -0.39 is 11.8 Å². The number of guanidine groups is 2. The maximum Gasteiger partial charge on any atom is 0.280 e. The van der Waals surface area contributed by atoms with Crippen LogP contribution in [0.4, 0.5) is 34.9 Å². The highest BCUT2D eigenvalue weighted by molar-refractivity contribution is 6.32. The average Bonchev–Trinajstić information content (AvgIpc) is 3.08. The standard InChI is InChI=1S/C28H38Cl2N18O4/c29-19-23(33)43-21(31)17(41-19)25(51)45-27(35)37-11-5-1-3-7-15(49)39-13-9-10-14(48-47-13)40-16(50)8-4-2-6-12-38-28(36)46-26(52)18-22(32)44-24(34)20(30)42-18/h9-10H,1-8,11-12H2,(H4,31,33,43)(H4,32,34,44)(H,39,47,49)(H,40,48,50)(H3,35,37,45,51)(H3,36,38,46,52). The molecule has 0 bridgehead atoms. The van der Waals surface area contributed by atoms with Crippen molar-refractivity contribution >= 4 is 93.7 Å². The predicted molar refractivity (Wildman–Crippen MR) is 196 cm³/mol. The van der Waals surface area contributed by atoms with Crippen LogP contribution in [0.1, 0.15) is 72.3 Å². The van der Waals surface area contributed by atoms with Gasteiger partial charge in [-0.2, -0.15) is 0 Å². The molecule has 278 valence electrons. The fraction of sp³-hybridized carbons (Fsp3) is 0.357. The molecule has 3 aromatic rings. The van der Waals surface area contributed by atoms with Crippen molar-refractivity contribution in [2.45, 2.75) is 51.4 Å². The molecular formula is C28H38Cl2N18O4. The number of nitrogen functional groups attached to an aromatic ring is 4. The number of rotatable bonds is 16. The number of nitrogens with one attached hydrogen (secondary N) is 4. The molecule has 0 fully saturated rings. The third-order valence-corrected chi connectivity index (χ3v) is 7.17. The number of aromatic nitrogens is 6. The summed E-state index contributed by atoms with van der Waals surface area (Å²) in [5.74, 6) is -2.45. The third-order valence-electron chi connectivity index (χ3n) is 6.61. The van der Waals surface area contributed by atoms with E-state index in [9.17, 15) is 19.2 Å². The minimum atomic E-state index is -0.738. The van der Waals surface area contributed by atoms with Crippen LogP contribution >= 0.6 is 23.2 Å². The fourth-order valence-corrected chi connectivity index (χ4v) is 4.32. The molecule has 3 aromatic heterocycles. The van der Waals surface area contributed by atoms with Gasteiger partial charge in [0.05, 0.1) is 0 Å². The number of nitrogens with zero attached hydrogens (tertiary/aromatic N) is 8. The maximum atomic E-state index is 12.3. The van der Waals surface area contributed by atoms with Crippen LogP contribution in [0.3, 0.4) is 0 Å². The first-order valence-electron chi connectivity index (χ1n) is 15.6. The van der Waals surface area contributed by atoms with E-state index in [1.165, 1.54) is 12.1 Å². The number of halogens is 2. The van der Waals surface area contributed by atoms with Crippen LogP contribution in [0.2, 0.25) is 10.3 Å². The Morgan fingerprint density at radius 2 is 0.962 bits per heavy atom. The van der Waals surface area contributed by atoms with Crippen LogP contribution in [0.25, 0.3) is 0 Å². The van der Waals surface area contributed by atoms with E-state index in [1.807, 2.05) is 0 Å². The van der Waals surface area contributed by atoms with Crippen molar-refractivity contribution in [1.29, 1.82) is 0 Å². The number of carbonyl (C=O) groups is 4. The SMILES string of the molecule is NC(=NCCCCCC(=O)Nc1ccc(NC(=O)CCCCCN=C(N)NC(=O)c2nc(Cl)c(N)nc2N)nn1)NC(=O)c1nc(Cl)c(N)nc1N. The number of aliphatic imine (C=N–C) groups is 2. The van der Waals surface area contributed by atoms with Gasteiger partial charge in [0.2, 0.25) is 11.8 Å². The van der Waals surface area contributed by atoms with Crippen LogP contribution in [-0.2, 0) is 9.59 Å². The smallest absolute Gasteiger partial charge is 0.280 e. The lowest BCUT2D eigenvalue weighted by Gasteiger charge is -2.07. The largest absolute Gasteiger partial charge is 0.382 e. The van der Waals surface area contributed by atoms with Crippen molar-refractivity contribution in [2.75, 3.05) is 46.7 Å². The molecule has 22 nitrogen and oxygen atoms in total. The summed E-state index contributed by atoms with van der Waals surface area (Å²) in [4.78, 5) is 72.3. The van der Waals surface area contributed by atoms with Crippen molar-refractivity contribution in [3.05, 3.63) is 33.8 Å². The van der Waals surface area contributed by atoms with Crippen molar-refractivity contribution in [3.63, 3.8) is 0 Å². The van der Waals surface area contributed by atoms with Crippen LogP contribution in [0.15, 0.2) is 22.1 Å². The first kappa shape index (κ1) is 40.3. The van der Waals surface area contributed by atoms with Crippen molar-refractivity contribution in [3.8, 4) is 0 Å². The summed E-state index contributed by atoms with van der Waals surface area (Å²) in [6, 6.07) is 3.04. The summed E-state index contributed by atoms with van der Waals surface area (Å²) in [6.45, 7) is 0.605. The lowest BCUT2D eigenvalue weighted by molar-refractivity contribution is -0.117. The average molecular weight is 762 g/mol. The highest BCUT2D eigenvalue weighted by Gasteiger charge is 2.18. The van der Waals surface area contributed by atoms with Gasteiger partial charge in [-0.1, -0.05) is 36.0 Å². The zero-order valence-corrected chi connectivity index (χ0v) is 29.2. The molecule has 3 rings (SSSR count). The van der Waals surface area contributed by atoms with Gasteiger partial charge in [0.1, 0.15) is 0 Å².